The molecule has 0 unspecified atom stereocenters. The fourth-order valence-corrected chi connectivity index (χ4v) is 4.14. The number of aliphatic hydroxyl groups excluding tert-OH is 1. The largest absolute Gasteiger partial charge is 0.394 e. The lowest BCUT2D eigenvalue weighted by atomic mass is 10.1. The van der Waals surface area contributed by atoms with Crippen LogP contribution in [-0.2, 0) is 10.0 Å². The van der Waals surface area contributed by atoms with E-state index >= 15 is 0 Å². The zero-order chi connectivity index (χ0) is 20.1. The van der Waals surface area contributed by atoms with Gasteiger partial charge in [-0.25, -0.2) is 22.8 Å². The molecule has 0 fully saturated rings. The number of benzene rings is 2. The van der Waals surface area contributed by atoms with Gasteiger partial charge in [-0.1, -0.05) is 36.4 Å². The van der Waals surface area contributed by atoms with Crippen LogP contribution in [-0.4, -0.2) is 42.3 Å². The number of guanidine groups is 1. The maximum Gasteiger partial charge on any atom is 0.268 e. The molecule has 0 saturated heterocycles. The molecule has 0 saturated carbocycles. The molecule has 4 N–H and O–H groups in total. The Labute approximate surface area is 163 Å². The number of hydrazone groups is 1. The number of aliphatic hydroxyl groups is 1. The topological polar surface area (TPSA) is 122 Å². The Hall–Kier alpha value is -3.17. The maximum atomic E-state index is 13.1. The Balaban J connectivity index is 2.07. The van der Waals surface area contributed by atoms with Crippen molar-refractivity contribution in [3.05, 3.63) is 66.4 Å². The van der Waals surface area contributed by atoms with E-state index in [4.69, 9.17) is 10.8 Å². The molecule has 0 aliphatic carbocycles. The summed E-state index contributed by atoms with van der Waals surface area (Å²) >= 11 is 0. The molecule has 8 nitrogen and oxygen atoms in total. The molecule has 0 radical (unpaired) electrons. The average Bonchev–Trinajstić information content (AvgIpc) is 3.11. The van der Waals surface area contributed by atoms with E-state index in [0.29, 0.717) is 16.8 Å². The smallest absolute Gasteiger partial charge is 0.268 e. The molecule has 146 valence electrons. The normalized spacial score (nSPS) is 13.1. The van der Waals surface area contributed by atoms with Crippen LogP contribution in [0.25, 0.3) is 10.9 Å². The molecule has 3 rings (SSSR count). The molecule has 0 atom stereocenters. The third-order valence-electron chi connectivity index (χ3n) is 4.09. The molecule has 0 spiro atoms. The zero-order valence-electron chi connectivity index (χ0n) is 15.3. The van der Waals surface area contributed by atoms with Crippen molar-refractivity contribution in [2.75, 3.05) is 13.2 Å². The van der Waals surface area contributed by atoms with Gasteiger partial charge in [-0.15, -0.1) is 0 Å². The van der Waals surface area contributed by atoms with Crippen molar-refractivity contribution in [2.45, 2.75) is 11.8 Å². The highest BCUT2D eigenvalue weighted by molar-refractivity contribution is 7.90. The molecular formula is C19H21N5O3S. The van der Waals surface area contributed by atoms with E-state index in [0.717, 1.165) is 5.39 Å². The highest BCUT2D eigenvalue weighted by Gasteiger charge is 2.21. The van der Waals surface area contributed by atoms with Crippen molar-refractivity contribution < 1.29 is 13.5 Å². The van der Waals surface area contributed by atoms with Gasteiger partial charge in [-0.2, -0.15) is 5.10 Å². The first-order chi connectivity index (χ1) is 13.4. The fraction of sp³-hybridized carbons (Fsp3) is 0.158. The molecule has 0 amide bonds. The van der Waals surface area contributed by atoms with Crippen LogP contribution in [0, 0.1) is 0 Å². The molecule has 0 aliphatic rings. The molecule has 0 bridgehead atoms. The molecule has 0 aliphatic heterocycles. The summed E-state index contributed by atoms with van der Waals surface area (Å²) in [7, 11) is -3.76. The van der Waals surface area contributed by atoms with Gasteiger partial charge >= 0.3 is 0 Å². The van der Waals surface area contributed by atoms with Gasteiger partial charge in [0.05, 0.1) is 29.3 Å². The van der Waals surface area contributed by atoms with Crippen LogP contribution in [0.2, 0.25) is 0 Å². The number of nitrogens with one attached hydrogen (secondary N) is 1. The second kappa shape index (κ2) is 8.24. The van der Waals surface area contributed by atoms with Gasteiger partial charge in [0.25, 0.3) is 10.0 Å². The molecule has 9 heteroatoms. The highest BCUT2D eigenvalue weighted by atomic mass is 32.2. The zero-order valence-corrected chi connectivity index (χ0v) is 16.1. The molecule has 1 heterocycles. The van der Waals surface area contributed by atoms with Crippen LogP contribution in [0.5, 0.6) is 0 Å². The minimum absolute atomic E-state index is 0.0639. The second-order valence-electron chi connectivity index (χ2n) is 5.97. The van der Waals surface area contributed by atoms with Gasteiger partial charge in [-0.3, -0.25) is 0 Å². The standard InChI is InChI=1S/C19H21N5O3S/c1-14(22-23-19(20)21-11-12-25)17-13-24(18-10-6-5-9-16(17)18)28(26,27)15-7-3-2-4-8-15/h2-10,13,25H,11-12H2,1H3,(H3,20,21,23)/b22-14-. The number of rotatable bonds is 6. The summed E-state index contributed by atoms with van der Waals surface area (Å²) in [6.45, 7) is 1.80. The van der Waals surface area contributed by atoms with Gasteiger partial charge in [-0.05, 0) is 25.1 Å². The van der Waals surface area contributed by atoms with Crippen molar-refractivity contribution in [2.24, 2.45) is 15.8 Å². The number of aromatic nitrogens is 1. The first-order valence-corrected chi connectivity index (χ1v) is 10.0. The van der Waals surface area contributed by atoms with E-state index in [-0.39, 0.29) is 24.0 Å². The minimum atomic E-state index is -3.76. The first kappa shape index (κ1) is 19.6. The Morgan fingerprint density at radius 1 is 1.14 bits per heavy atom. The van der Waals surface area contributed by atoms with Gasteiger partial charge in [0, 0.05) is 17.1 Å². The van der Waals surface area contributed by atoms with E-state index in [1.807, 2.05) is 12.1 Å². The summed E-state index contributed by atoms with van der Waals surface area (Å²) in [5.74, 6) is 0.0639. The van der Waals surface area contributed by atoms with Gasteiger partial charge < -0.3 is 10.8 Å². The van der Waals surface area contributed by atoms with Crippen molar-refractivity contribution in [3.63, 3.8) is 0 Å². The summed E-state index contributed by atoms with van der Waals surface area (Å²) in [4.78, 5) is 4.08. The van der Waals surface area contributed by atoms with E-state index in [2.05, 4.69) is 15.5 Å². The quantitative estimate of drug-likeness (QED) is 0.329. The number of fused-ring (bicyclic) bond motifs is 1. The summed E-state index contributed by atoms with van der Waals surface area (Å²) in [6.07, 6.45) is 1.55. The predicted molar refractivity (Wildman–Crippen MR) is 110 cm³/mol. The number of para-hydroxylation sites is 1. The van der Waals surface area contributed by atoms with Crippen LogP contribution < -0.4 is 11.2 Å². The Morgan fingerprint density at radius 3 is 2.54 bits per heavy atom. The van der Waals surface area contributed by atoms with E-state index in [1.165, 1.54) is 3.97 Å². The van der Waals surface area contributed by atoms with Crippen LogP contribution in [0.1, 0.15) is 12.5 Å². The van der Waals surface area contributed by atoms with Gasteiger partial charge in [0.2, 0.25) is 5.96 Å². The van der Waals surface area contributed by atoms with Crippen LogP contribution in [0.15, 0.2) is 75.8 Å². The van der Waals surface area contributed by atoms with E-state index < -0.39 is 10.0 Å². The van der Waals surface area contributed by atoms with Crippen LogP contribution in [0.3, 0.4) is 0 Å². The number of aliphatic imine (C=N–C) groups is 1. The lowest BCUT2D eigenvalue weighted by Gasteiger charge is -2.07. The molecule has 28 heavy (non-hydrogen) atoms. The monoisotopic (exact) mass is 399 g/mol. The Kier molecular flexibility index (Phi) is 5.76. The lowest BCUT2D eigenvalue weighted by molar-refractivity contribution is 0.306. The molecule has 2 aromatic carbocycles. The summed E-state index contributed by atoms with van der Waals surface area (Å²) in [5, 5.41) is 13.7. The predicted octanol–water partition coefficient (Wildman–Crippen LogP) is 1.50. The van der Waals surface area contributed by atoms with Crippen molar-refractivity contribution in [3.8, 4) is 0 Å². The van der Waals surface area contributed by atoms with Crippen molar-refractivity contribution in [1.82, 2.24) is 9.40 Å². The lowest BCUT2D eigenvalue weighted by Crippen LogP contribution is -2.28. The average molecular weight is 399 g/mol. The highest BCUT2D eigenvalue weighted by Crippen LogP contribution is 2.26. The minimum Gasteiger partial charge on any atom is -0.394 e. The maximum absolute atomic E-state index is 13.1. The molecular weight excluding hydrogens is 378 g/mol. The van der Waals surface area contributed by atoms with Crippen LogP contribution in [0.4, 0.5) is 0 Å². The SMILES string of the molecule is C/C(=N/NC(N)=NCCO)c1cn(S(=O)(=O)c2ccccc2)c2ccccc12. The van der Waals surface area contributed by atoms with E-state index in [1.54, 1.807) is 55.6 Å². The Bertz CT molecular complexity index is 1130. The van der Waals surface area contributed by atoms with Gasteiger partial charge in [0.1, 0.15) is 0 Å². The van der Waals surface area contributed by atoms with E-state index in [9.17, 15) is 8.42 Å². The summed E-state index contributed by atoms with van der Waals surface area (Å²) < 4.78 is 27.5. The summed E-state index contributed by atoms with van der Waals surface area (Å²) in [6, 6.07) is 15.5. The van der Waals surface area contributed by atoms with Crippen molar-refractivity contribution in [1.29, 1.82) is 0 Å². The number of hydrogen-bond acceptors (Lipinski definition) is 5. The third-order valence-corrected chi connectivity index (χ3v) is 5.78. The third kappa shape index (κ3) is 3.90. The number of hydrogen-bond donors (Lipinski definition) is 3. The molecule has 1 aromatic heterocycles. The number of nitrogens with two attached hydrogens (primary N) is 1. The Morgan fingerprint density at radius 2 is 1.82 bits per heavy atom. The van der Waals surface area contributed by atoms with Crippen molar-refractivity contribution >= 4 is 32.6 Å². The van der Waals surface area contributed by atoms with Gasteiger partial charge in [0.15, 0.2) is 0 Å². The first-order valence-electron chi connectivity index (χ1n) is 8.57. The van der Waals surface area contributed by atoms with Crippen LogP contribution >= 0.6 is 0 Å². The fourth-order valence-electron chi connectivity index (χ4n) is 2.75. The molecule has 3 aromatic rings. The second-order valence-corrected chi connectivity index (χ2v) is 7.79. The summed E-state index contributed by atoms with van der Waals surface area (Å²) in [5.41, 5.74) is 10.0. The number of nitrogens with zero attached hydrogens (tertiary/aromatic N) is 3.